The Labute approximate surface area is 182 Å². The second-order valence-corrected chi connectivity index (χ2v) is 8.40. The van der Waals surface area contributed by atoms with Gasteiger partial charge in [-0.05, 0) is 12.1 Å². The van der Waals surface area contributed by atoms with Gasteiger partial charge in [0.05, 0.1) is 11.3 Å². The number of hydrogen-bond acceptors (Lipinski definition) is 2. The molecule has 0 radical (unpaired) electrons. The Balaban J connectivity index is 1.31. The SMILES string of the molecule is O=C1C(=O)N(C[NH+]2CC[NH+](C(c3ccccc3)c3ccccc3)CC2)c2ccccc21. The molecule has 1 fully saturated rings. The summed E-state index contributed by atoms with van der Waals surface area (Å²) < 4.78 is 0. The van der Waals surface area contributed by atoms with Crippen molar-refractivity contribution in [2.45, 2.75) is 6.04 Å². The lowest BCUT2D eigenvalue weighted by atomic mass is 9.96. The largest absolute Gasteiger partial charge is 0.316 e. The zero-order valence-electron chi connectivity index (χ0n) is 17.5. The molecule has 0 spiro atoms. The Kier molecular flexibility index (Phi) is 5.37. The van der Waals surface area contributed by atoms with Crippen LogP contribution in [0.4, 0.5) is 5.69 Å². The van der Waals surface area contributed by atoms with Crippen molar-refractivity contribution in [2.24, 2.45) is 0 Å². The molecule has 1 amide bonds. The fourth-order valence-corrected chi connectivity index (χ4v) is 4.96. The summed E-state index contributed by atoms with van der Waals surface area (Å²) in [6.07, 6.45) is 0. The fraction of sp³-hybridized carbons (Fsp3) is 0.231. The molecule has 31 heavy (non-hydrogen) atoms. The number of hydrogen-bond donors (Lipinski definition) is 2. The van der Waals surface area contributed by atoms with Gasteiger partial charge in [0.25, 0.3) is 5.78 Å². The molecule has 2 N–H and O–H groups in total. The van der Waals surface area contributed by atoms with E-state index in [1.807, 2.05) is 18.2 Å². The first kappa shape index (κ1) is 19.7. The number of fused-ring (bicyclic) bond motifs is 1. The van der Waals surface area contributed by atoms with Crippen LogP contribution >= 0.6 is 0 Å². The van der Waals surface area contributed by atoms with E-state index < -0.39 is 5.91 Å². The Morgan fingerprint density at radius 3 is 1.87 bits per heavy atom. The van der Waals surface area contributed by atoms with Crippen LogP contribution < -0.4 is 14.7 Å². The zero-order valence-corrected chi connectivity index (χ0v) is 17.5. The number of nitrogens with one attached hydrogen (secondary N) is 2. The first-order valence-electron chi connectivity index (χ1n) is 11.0. The van der Waals surface area contributed by atoms with E-state index in [2.05, 4.69) is 60.7 Å². The summed E-state index contributed by atoms with van der Waals surface area (Å²) in [4.78, 5) is 29.4. The van der Waals surface area contributed by atoms with Crippen LogP contribution in [-0.2, 0) is 4.79 Å². The van der Waals surface area contributed by atoms with Crippen molar-refractivity contribution < 1.29 is 19.4 Å². The molecule has 2 aliphatic rings. The van der Waals surface area contributed by atoms with Crippen molar-refractivity contribution in [3.05, 3.63) is 102 Å². The Morgan fingerprint density at radius 1 is 0.710 bits per heavy atom. The maximum absolute atomic E-state index is 12.5. The lowest BCUT2D eigenvalue weighted by Gasteiger charge is -2.36. The standard InChI is InChI=1S/C26H25N3O2/c30-25-22-13-7-8-14-23(22)29(26(25)31)19-27-15-17-28(18-16-27)24(20-9-3-1-4-10-20)21-11-5-2-6-12-21/h1-14,24H,15-19H2/p+2. The number of carbonyl (C=O) groups is 2. The number of carbonyl (C=O) groups excluding carboxylic acids is 2. The number of nitrogens with zero attached hydrogens (tertiary/aromatic N) is 1. The molecule has 0 unspecified atom stereocenters. The average molecular weight is 414 g/mol. The lowest BCUT2D eigenvalue weighted by molar-refractivity contribution is -1.02. The summed E-state index contributed by atoms with van der Waals surface area (Å²) in [7, 11) is 0. The van der Waals surface area contributed by atoms with Crippen LogP contribution in [-0.4, -0.2) is 44.5 Å². The molecule has 0 aromatic heterocycles. The molecule has 1 saturated heterocycles. The molecule has 2 aliphatic heterocycles. The Hall–Kier alpha value is -3.28. The lowest BCUT2D eigenvalue weighted by Crippen LogP contribution is -3.28. The van der Waals surface area contributed by atoms with Gasteiger partial charge in [0.1, 0.15) is 32.2 Å². The number of Topliss-reactive ketones (excluding diaryl/α,β-unsaturated/α-hetero) is 1. The molecule has 0 bridgehead atoms. The number of para-hydroxylation sites is 1. The quantitative estimate of drug-likeness (QED) is 0.607. The number of anilines is 1. The number of benzene rings is 3. The van der Waals surface area contributed by atoms with Crippen molar-refractivity contribution in [3.63, 3.8) is 0 Å². The third kappa shape index (κ3) is 3.78. The van der Waals surface area contributed by atoms with Gasteiger partial charge in [-0.3, -0.25) is 14.5 Å². The van der Waals surface area contributed by atoms with Crippen LogP contribution in [0, 0.1) is 0 Å². The predicted molar refractivity (Wildman–Crippen MR) is 119 cm³/mol. The van der Waals surface area contributed by atoms with Gasteiger partial charge in [0, 0.05) is 11.1 Å². The highest BCUT2D eigenvalue weighted by Gasteiger charge is 2.39. The monoisotopic (exact) mass is 413 g/mol. The highest BCUT2D eigenvalue weighted by atomic mass is 16.2. The molecular weight excluding hydrogens is 386 g/mol. The van der Waals surface area contributed by atoms with E-state index in [1.54, 1.807) is 15.9 Å². The number of rotatable bonds is 5. The van der Waals surface area contributed by atoms with E-state index in [0.717, 1.165) is 31.9 Å². The van der Waals surface area contributed by atoms with Crippen molar-refractivity contribution >= 4 is 17.4 Å². The van der Waals surface area contributed by atoms with Crippen LogP contribution in [0.3, 0.4) is 0 Å². The molecule has 3 aromatic rings. The topological polar surface area (TPSA) is 46.3 Å². The van der Waals surface area contributed by atoms with Crippen LogP contribution in [0.15, 0.2) is 84.9 Å². The zero-order chi connectivity index (χ0) is 21.2. The summed E-state index contributed by atoms with van der Waals surface area (Å²) in [6.45, 7) is 4.51. The van der Waals surface area contributed by atoms with Crippen molar-refractivity contribution in [1.82, 2.24) is 0 Å². The molecule has 3 aromatic carbocycles. The van der Waals surface area contributed by atoms with Gasteiger partial charge in [-0.1, -0.05) is 72.8 Å². The number of ketones is 1. The second kappa shape index (κ2) is 8.46. The molecule has 2 heterocycles. The van der Waals surface area contributed by atoms with E-state index in [-0.39, 0.29) is 5.78 Å². The van der Waals surface area contributed by atoms with Gasteiger partial charge in [-0.15, -0.1) is 0 Å². The molecule has 0 aliphatic carbocycles. The molecule has 5 nitrogen and oxygen atoms in total. The van der Waals surface area contributed by atoms with Crippen molar-refractivity contribution in [2.75, 3.05) is 37.7 Å². The number of quaternary nitrogens is 2. The predicted octanol–water partition coefficient (Wildman–Crippen LogP) is 0.746. The molecule has 0 saturated carbocycles. The highest BCUT2D eigenvalue weighted by molar-refractivity contribution is 6.52. The van der Waals surface area contributed by atoms with Crippen LogP contribution in [0.1, 0.15) is 27.5 Å². The molecule has 5 heteroatoms. The summed E-state index contributed by atoms with van der Waals surface area (Å²) in [5, 5.41) is 0. The third-order valence-corrected chi connectivity index (χ3v) is 6.53. The molecule has 5 rings (SSSR count). The molecule has 156 valence electrons. The van der Waals surface area contributed by atoms with Gasteiger partial charge < -0.3 is 9.80 Å². The minimum absolute atomic E-state index is 0.305. The molecular formula is C26H27N3O2+2. The van der Waals surface area contributed by atoms with Crippen LogP contribution in [0.2, 0.25) is 0 Å². The van der Waals surface area contributed by atoms with E-state index >= 15 is 0 Å². The Bertz CT molecular complexity index is 1040. The normalized spacial score (nSPS) is 20.9. The smallest absolute Gasteiger partial charge is 0.303 e. The van der Waals surface area contributed by atoms with Crippen LogP contribution in [0.25, 0.3) is 0 Å². The first-order chi connectivity index (χ1) is 15.2. The second-order valence-electron chi connectivity index (χ2n) is 8.40. The first-order valence-corrected chi connectivity index (χ1v) is 11.0. The minimum Gasteiger partial charge on any atom is -0.316 e. The van der Waals surface area contributed by atoms with Gasteiger partial charge >= 0.3 is 5.91 Å². The Morgan fingerprint density at radius 2 is 1.26 bits per heavy atom. The minimum atomic E-state index is -0.394. The number of piperazine rings is 1. The van der Waals surface area contributed by atoms with E-state index in [0.29, 0.717) is 18.3 Å². The third-order valence-electron chi connectivity index (χ3n) is 6.53. The number of amides is 1. The van der Waals surface area contributed by atoms with Crippen molar-refractivity contribution in [1.29, 1.82) is 0 Å². The summed E-state index contributed by atoms with van der Waals surface area (Å²) in [6, 6.07) is 29.1. The van der Waals surface area contributed by atoms with Gasteiger partial charge in [-0.25, -0.2) is 0 Å². The van der Waals surface area contributed by atoms with Crippen molar-refractivity contribution in [3.8, 4) is 0 Å². The maximum Gasteiger partial charge on any atom is 0.303 e. The van der Waals surface area contributed by atoms with E-state index in [4.69, 9.17) is 0 Å². The maximum atomic E-state index is 12.5. The van der Waals surface area contributed by atoms with Crippen LogP contribution in [0.5, 0.6) is 0 Å². The summed E-state index contributed by atoms with van der Waals surface area (Å²) in [5.41, 5.74) is 3.96. The average Bonchev–Trinajstić information content (AvgIpc) is 3.07. The van der Waals surface area contributed by atoms with Gasteiger partial charge in [0.2, 0.25) is 0 Å². The van der Waals surface area contributed by atoms with Gasteiger partial charge in [0.15, 0.2) is 6.67 Å². The summed E-state index contributed by atoms with van der Waals surface area (Å²) in [5.74, 6) is -0.776. The molecule has 0 atom stereocenters. The fourth-order valence-electron chi connectivity index (χ4n) is 4.96. The van der Waals surface area contributed by atoms with E-state index in [1.165, 1.54) is 16.0 Å². The summed E-state index contributed by atoms with van der Waals surface area (Å²) >= 11 is 0. The van der Waals surface area contributed by atoms with Gasteiger partial charge in [-0.2, -0.15) is 0 Å². The van der Waals surface area contributed by atoms with E-state index in [9.17, 15) is 9.59 Å². The highest BCUT2D eigenvalue weighted by Crippen LogP contribution is 2.27.